The lowest BCUT2D eigenvalue weighted by Gasteiger charge is -2.09. The van der Waals surface area contributed by atoms with Crippen LogP contribution in [0.4, 0.5) is 5.82 Å². The van der Waals surface area contributed by atoms with Crippen LogP contribution < -0.4 is 5.32 Å². The third-order valence-corrected chi connectivity index (χ3v) is 3.50. The molecule has 0 unspecified atom stereocenters. The van der Waals surface area contributed by atoms with Gasteiger partial charge < -0.3 is 5.32 Å². The van der Waals surface area contributed by atoms with Crippen LogP contribution in [0.3, 0.4) is 0 Å². The SMILES string of the molecule is CCNc1cc(C)nc(-c2ccc(Cl)c3cccnc23)n1. The topological polar surface area (TPSA) is 50.7 Å². The van der Waals surface area contributed by atoms with Gasteiger partial charge in [-0.2, -0.15) is 0 Å². The number of fused-ring (bicyclic) bond motifs is 1. The number of anilines is 1. The van der Waals surface area contributed by atoms with Crippen LogP contribution in [0.1, 0.15) is 12.6 Å². The van der Waals surface area contributed by atoms with Crippen LogP contribution in [0.15, 0.2) is 36.5 Å². The molecule has 5 heteroatoms. The molecule has 3 rings (SSSR count). The number of aromatic nitrogens is 3. The molecule has 3 aromatic rings. The summed E-state index contributed by atoms with van der Waals surface area (Å²) in [7, 11) is 0. The molecule has 0 saturated carbocycles. The van der Waals surface area contributed by atoms with Crippen LogP contribution >= 0.6 is 11.6 Å². The summed E-state index contributed by atoms with van der Waals surface area (Å²) in [5.74, 6) is 1.48. The van der Waals surface area contributed by atoms with Gasteiger partial charge in [0.05, 0.1) is 10.5 Å². The van der Waals surface area contributed by atoms with Crippen LogP contribution in [-0.4, -0.2) is 21.5 Å². The summed E-state index contributed by atoms with van der Waals surface area (Å²) in [6.07, 6.45) is 1.75. The molecule has 1 aromatic carbocycles. The van der Waals surface area contributed by atoms with Gasteiger partial charge >= 0.3 is 0 Å². The molecule has 4 nitrogen and oxygen atoms in total. The molecule has 106 valence electrons. The first-order valence-electron chi connectivity index (χ1n) is 6.82. The third kappa shape index (κ3) is 2.67. The maximum atomic E-state index is 6.24. The molecular formula is C16H15ClN4. The quantitative estimate of drug-likeness (QED) is 0.791. The lowest BCUT2D eigenvalue weighted by molar-refractivity contribution is 1.08. The highest BCUT2D eigenvalue weighted by Gasteiger charge is 2.11. The van der Waals surface area contributed by atoms with Gasteiger partial charge in [-0.15, -0.1) is 0 Å². The summed E-state index contributed by atoms with van der Waals surface area (Å²) in [5, 5.41) is 4.81. The predicted molar refractivity (Wildman–Crippen MR) is 86.7 cm³/mol. The highest BCUT2D eigenvalue weighted by molar-refractivity contribution is 6.35. The zero-order valence-electron chi connectivity index (χ0n) is 11.9. The van der Waals surface area contributed by atoms with E-state index in [0.29, 0.717) is 10.8 Å². The standard InChI is InChI=1S/C16H15ClN4/c1-3-18-14-9-10(2)20-16(21-14)12-6-7-13(17)11-5-4-8-19-15(11)12/h4-9H,3H2,1-2H3,(H,18,20,21). The number of aryl methyl sites for hydroxylation is 1. The van der Waals surface area contributed by atoms with Gasteiger partial charge in [-0.25, -0.2) is 9.97 Å². The Kier molecular flexibility index (Phi) is 3.71. The first-order chi connectivity index (χ1) is 10.2. The molecule has 2 heterocycles. The molecule has 0 aliphatic rings. The molecule has 0 saturated heterocycles. The number of halogens is 1. The Bertz CT molecular complexity index is 801. The van der Waals surface area contributed by atoms with Crippen LogP contribution in [0.2, 0.25) is 5.02 Å². The van der Waals surface area contributed by atoms with Crippen molar-refractivity contribution in [1.82, 2.24) is 15.0 Å². The Morgan fingerprint density at radius 2 is 2.05 bits per heavy atom. The second-order valence-corrected chi connectivity index (χ2v) is 5.15. The summed E-state index contributed by atoms with van der Waals surface area (Å²) < 4.78 is 0. The van der Waals surface area contributed by atoms with E-state index in [9.17, 15) is 0 Å². The third-order valence-electron chi connectivity index (χ3n) is 3.17. The lowest BCUT2D eigenvalue weighted by atomic mass is 10.1. The molecule has 21 heavy (non-hydrogen) atoms. The Hall–Kier alpha value is -2.20. The Balaban J connectivity index is 2.23. The van der Waals surface area contributed by atoms with E-state index in [4.69, 9.17) is 11.6 Å². The number of benzene rings is 1. The van der Waals surface area contributed by atoms with E-state index in [1.807, 2.05) is 44.2 Å². The summed E-state index contributed by atoms with van der Waals surface area (Å²) >= 11 is 6.24. The predicted octanol–water partition coefficient (Wildman–Crippen LogP) is 4.09. The van der Waals surface area contributed by atoms with Gasteiger partial charge in [0, 0.05) is 35.5 Å². The van der Waals surface area contributed by atoms with E-state index >= 15 is 0 Å². The van der Waals surface area contributed by atoms with Crippen LogP contribution in [0, 0.1) is 6.92 Å². The van der Waals surface area contributed by atoms with Gasteiger partial charge in [0.15, 0.2) is 5.82 Å². The van der Waals surface area contributed by atoms with Gasteiger partial charge in [-0.1, -0.05) is 11.6 Å². The van der Waals surface area contributed by atoms with Gasteiger partial charge in [-0.3, -0.25) is 4.98 Å². The largest absolute Gasteiger partial charge is 0.370 e. The average Bonchev–Trinajstić information content (AvgIpc) is 2.47. The molecule has 0 fully saturated rings. The molecular weight excluding hydrogens is 284 g/mol. The van der Waals surface area contributed by atoms with Crippen molar-refractivity contribution in [1.29, 1.82) is 0 Å². The molecule has 0 atom stereocenters. The van der Waals surface area contributed by atoms with Crippen LogP contribution in [-0.2, 0) is 0 Å². The zero-order chi connectivity index (χ0) is 14.8. The summed E-state index contributed by atoms with van der Waals surface area (Å²) in [6, 6.07) is 9.54. The minimum atomic E-state index is 0.659. The second-order valence-electron chi connectivity index (χ2n) is 4.74. The summed E-state index contributed by atoms with van der Waals surface area (Å²) in [6.45, 7) is 4.81. The van der Waals surface area contributed by atoms with Crippen LogP contribution in [0.5, 0.6) is 0 Å². The van der Waals surface area contributed by atoms with Crippen molar-refractivity contribution in [2.45, 2.75) is 13.8 Å². The van der Waals surface area contributed by atoms with E-state index in [1.165, 1.54) is 0 Å². The van der Waals surface area contributed by atoms with E-state index in [1.54, 1.807) is 6.20 Å². The molecule has 0 aliphatic heterocycles. The fraction of sp³-hybridized carbons (Fsp3) is 0.188. The molecule has 0 radical (unpaired) electrons. The van der Waals surface area contributed by atoms with Crippen molar-refractivity contribution in [3.63, 3.8) is 0 Å². The van der Waals surface area contributed by atoms with Gasteiger partial charge in [0.25, 0.3) is 0 Å². The maximum Gasteiger partial charge on any atom is 0.163 e. The maximum absolute atomic E-state index is 6.24. The number of nitrogens with one attached hydrogen (secondary N) is 1. The smallest absolute Gasteiger partial charge is 0.163 e. The van der Waals surface area contributed by atoms with Gasteiger partial charge in [-0.05, 0) is 38.1 Å². The normalized spacial score (nSPS) is 10.8. The zero-order valence-corrected chi connectivity index (χ0v) is 12.6. The van der Waals surface area contributed by atoms with Crippen molar-refractivity contribution in [2.24, 2.45) is 0 Å². The number of hydrogen-bond donors (Lipinski definition) is 1. The Labute approximate surface area is 128 Å². The highest BCUT2D eigenvalue weighted by Crippen LogP contribution is 2.30. The molecule has 2 aromatic heterocycles. The van der Waals surface area contributed by atoms with E-state index in [2.05, 4.69) is 20.3 Å². The van der Waals surface area contributed by atoms with Gasteiger partial charge in [0.2, 0.25) is 0 Å². The summed E-state index contributed by atoms with van der Waals surface area (Å²) in [4.78, 5) is 13.5. The minimum Gasteiger partial charge on any atom is -0.370 e. The lowest BCUT2D eigenvalue weighted by Crippen LogP contribution is -2.03. The highest BCUT2D eigenvalue weighted by atomic mass is 35.5. The van der Waals surface area contributed by atoms with Crippen LogP contribution in [0.25, 0.3) is 22.3 Å². The van der Waals surface area contributed by atoms with Crippen molar-refractivity contribution < 1.29 is 0 Å². The fourth-order valence-electron chi connectivity index (χ4n) is 2.28. The summed E-state index contributed by atoms with van der Waals surface area (Å²) in [5.41, 5.74) is 2.62. The second kappa shape index (κ2) is 5.66. The van der Waals surface area contributed by atoms with E-state index in [-0.39, 0.29) is 0 Å². The van der Waals surface area contributed by atoms with Crippen molar-refractivity contribution in [2.75, 3.05) is 11.9 Å². The number of nitrogens with zero attached hydrogens (tertiary/aromatic N) is 3. The van der Waals surface area contributed by atoms with Crippen molar-refractivity contribution >= 4 is 28.3 Å². The Morgan fingerprint density at radius 1 is 1.19 bits per heavy atom. The number of pyridine rings is 1. The van der Waals surface area contributed by atoms with Gasteiger partial charge in [0.1, 0.15) is 5.82 Å². The minimum absolute atomic E-state index is 0.659. The number of rotatable bonds is 3. The molecule has 1 N–H and O–H groups in total. The average molecular weight is 299 g/mol. The van der Waals surface area contributed by atoms with Crippen molar-refractivity contribution in [3.05, 3.63) is 47.2 Å². The molecule has 0 aliphatic carbocycles. The molecule has 0 spiro atoms. The first-order valence-corrected chi connectivity index (χ1v) is 7.20. The Morgan fingerprint density at radius 3 is 2.86 bits per heavy atom. The number of hydrogen-bond acceptors (Lipinski definition) is 4. The van der Waals surface area contributed by atoms with Crippen molar-refractivity contribution in [3.8, 4) is 11.4 Å². The molecule has 0 amide bonds. The van der Waals surface area contributed by atoms with E-state index in [0.717, 1.165) is 34.5 Å². The monoisotopic (exact) mass is 298 g/mol. The van der Waals surface area contributed by atoms with E-state index < -0.39 is 0 Å². The molecule has 0 bridgehead atoms. The fourth-order valence-corrected chi connectivity index (χ4v) is 2.49. The first kappa shape index (κ1) is 13.8.